The molecule has 1 aliphatic heterocycles. The van der Waals surface area contributed by atoms with Crippen LogP contribution in [0, 0.1) is 5.41 Å². The first-order chi connectivity index (χ1) is 13.2. The summed E-state index contributed by atoms with van der Waals surface area (Å²) in [5.74, 6) is 2.25. The lowest BCUT2D eigenvalue weighted by molar-refractivity contribution is 0.151. The maximum absolute atomic E-state index is 4.53. The lowest BCUT2D eigenvalue weighted by Gasteiger charge is -2.38. The molecule has 3 fully saturated rings. The molecule has 0 radical (unpaired) electrons. The van der Waals surface area contributed by atoms with E-state index in [1.54, 1.807) is 11.8 Å². The lowest BCUT2D eigenvalue weighted by atomic mass is 9.68. The van der Waals surface area contributed by atoms with Crippen LogP contribution in [0.3, 0.4) is 0 Å². The van der Waals surface area contributed by atoms with E-state index in [-0.39, 0.29) is 24.0 Å². The molecule has 158 valence electrons. The molecular formula is C20H35IN6S. The van der Waals surface area contributed by atoms with Crippen molar-refractivity contribution in [3.05, 3.63) is 5.82 Å². The number of aliphatic imine (C=N–C) groups is 1. The molecule has 1 N–H and O–H groups in total. The Labute approximate surface area is 190 Å². The predicted octanol–water partition coefficient (Wildman–Crippen LogP) is 4.12. The monoisotopic (exact) mass is 518 g/mol. The van der Waals surface area contributed by atoms with Gasteiger partial charge in [0.1, 0.15) is 5.82 Å². The minimum atomic E-state index is 0. The van der Waals surface area contributed by atoms with Crippen LogP contribution in [0.5, 0.6) is 0 Å². The molecule has 2 saturated carbocycles. The molecular weight excluding hydrogens is 483 g/mol. The zero-order valence-corrected chi connectivity index (χ0v) is 20.5. The van der Waals surface area contributed by atoms with E-state index >= 15 is 0 Å². The number of halogens is 1. The largest absolute Gasteiger partial charge is 0.356 e. The third kappa shape index (κ3) is 4.63. The standard InChI is InChI=1S/C20H34N6S.HI/c1-21-18(25-14-12-20(15-25)10-6-11-20)22-13-5-9-17-23-24-19(27-2)26(17)16-7-3-4-8-16;/h16H,3-15H2,1-2H3,(H,21,22);1H. The first-order valence-electron chi connectivity index (χ1n) is 10.7. The van der Waals surface area contributed by atoms with Crippen molar-refractivity contribution in [3.8, 4) is 0 Å². The summed E-state index contributed by atoms with van der Waals surface area (Å²) in [5.41, 5.74) is 0.615. The van der Waals surface area contributed by atoms with Crippen LogP contribution in [0.25, 0.3) is 0 Å². The number of nitrogens with zero attached hydrogens (tertiary/aromatic N) is 5. The topological polar surface area (TPSA) is 58.3 Å². The number of nitrogens with one attached hydrogen (secondary N) is 1. The molecule has 8 heteroatoms. The highest BCUT2D eigenvalue weighted by molar-refractivity contribution is 14.0. The number of likely N-dealkylation sites (tertiary alicyclic amines) is 1. The Hall–Kier alpha value is -0.510. The number of hydrogen-bond acceptors (Lipinski definition) is 4. The van der Waals surface area contributed by atoms with E-state index in [1.165, 1.54) is 57.9 Å². The molecule has 0 amide bonds. The SMILES string of the molecule is CN=C(NCCCc1nnc(SC)n1C1CCCC1)N1CCC2(CCC2)C1.I. The van der Waals surface area contributed by atoms with Crippen LogP contribution in [-0.4, -0.2) is 58.6 Å². The van der Waals surface area contributed by atoms with Crippen LogP contribution in [-0.2, 0) is 6.42 Å². The number of rotatable bonds is 6. The minimum absolute atomic E-state index is 0. The van der Waals surface area contributed by atoms with E-state index in [0.29, 0.717) is 11.5 Å². The van der Waals surface area contributed by atoms with Crippen LogP contribution in [0.2, 0.25) is 0 Å². The van der Waals surface area contributed by atoms with E-state index < -0.39 is 0 Å². The molecule has 2 heterocycles. The van der Waals surface area contributed by atoms with Gasteiger partial charge in [0.25, 0.3) is 0 Å². The summed E-state index contributed by atoms with van der Waals surface area (Å²) in [4.78, 5) is 7.00. The molecule has 6 nitrogen and oxygen atoms in total. The molecule has 0 unspecified atom stereocenters. The Morgan fingerprint density at radius 3 is 2.61 bits per heavy atom. The Morgan fingerprint density at radius 2 is 2.00 bits per heavy atom. The maximum atomic E-state index is 4.53. The van der Waals surface area contributed by atoms with Gasteiger partial charge in [-0.05, 0) is 50.2 Å². The van der Waals surface area contributed by atoms with Crippen molar-refractivity contribution in [1.82, 2.24) is 25.0 Å². The molecule has 1 aromatic rings. The summed E-state index contributed by atoms with van der Waals surface area (Å²) < 4.78 is 2.42. The van der Waals surface area contributed by atoms with Crippen molar-refractivity contribution < 1.29 is 0 Å². The number of thioether (sulfide) groups is 1. The fraction of sp³-hybridized carbons (Fsp3) is 0.850. The molecule has 2 aliphatic carbocycles. The van der Waals surface area contributed by atoms with Gasteiger partial charge in [-0.2, -0.15) is 0 Å². The van der Waals surface area contributed by atoms with Gasteiger partial charge in [0.05, 0.1) is 0 Å². The molecule has 3 aliphatic rings. The minimum Gasteiger partial charge on any atom is -0.356 e. The van der Waals surface area contributed by atoms with Crippen molar-refractivity contribution in [1.29, 1.82) is 0 Å². The predicted molar refractivity (Wildman–Crippen MR) is 127 cm³/mol. The zero-order chi connectivity index (χ0) is 18.7. The van der Waals surface area contributed by atoms with Crippen molar-refractivity contribution in [3.63, 3.8) is 0 Å². The summed E-state index contributed by atoms with van der Waals surface area (Å²) >= 11 is 1.72. The van der Waals surface area contributed by atoms with Gasteiger partial charge >= 0.3 is 0 Å². The van der Waals surface area contributed by atoms with Gasteiger partial charge in [-0.1, -0.05) is 31.0 Å². The van der Waals surface area contributed by atoms with Gasteiger partial charge in [0, 0.05) is 39.1 Å². The van der Waals surface area contributed by atoms with Crippen molar-refractivity contribution in [2.24, 2.45) is 10.4 Å². The Balaban J connectivity index is 0.00000225. The molecule has 1 spiro atoms. The van der Waals surface area contributed by atoms with Gasteiger partial charge in [-0.25, -0.2) is 0 Å². The van der Waals surface area contributed by atoms with Crippen molar-refractivity contribution >= 4 is 41.7 Å². The molecule has 4 rings (SSSR count). The van der Waals surface area contributed by atoms with Gasteiger partial charge in [-0.15, -0.1) is 34.2 Å². The van der Waals surface area contributed by atoms with Crippen LogP contribution < -0.4 is 5.32 Å². The highest BCUT2D eigenvalue weighted by Crippen LogP contribution is 2.47. The lowest BCUT2D eigenvalue weighted by Crippen LogP contribution is -2.42. The number of hydrogen-bond donors (Lipinski definition) is 1. The fourth-order valence-electron chi connectivity index (χ4n) is 5.13. The highest BCUT2D eigenvalue weighted by atomic mass is 127. The van der Waals surface area contributed by atoms with Crippen LogP contribution >= 0.6 is 35.7 Å². The number of guanidine groups is 1. The first kappa shape index (κ1) is 22.2. The number of aromatic nitrogens is 3. The highest BCUT2D eigenvalue weighted by Gasteiger charge is 2.43. The van der Waals surface area contributed by atoms with Crippen molar-refractivity contribution in [2.45, 2.75) is 75.4 Å². The van der Waals surface area contributed by atoms with Gasteiger partial charge in [-0.3, -0.25) is 4.99 Å². The Kier molecular flexibility index (Phi) is 7.92. The normalized spacial score (nSPS) is 21.8. The van der Waals surface area contributed by atoms with E-state index in [0.717, 1.165) is 42.9 Å². The molecule has 0 atom stereocenters. The van der Waals surface area contributed by atoms with Crippen LogP contribution in [0.15, 0.2) is 10.1 Å². The maximum Gasteiger partial charge on any atom is 0.193 e. The zero-order valence-electron chi connectivity index (χ0n) is 17.3. The Bertz CT molecular complexity index is 666. The van der Waals surface area contributed by atoms with E-state index in [1.807, 2.05) is 7.05 Å². The fourth-order valence-corrected chi connectivity index (χ4v) is 5.70. The first-order valence-corrected chi connectivity index (χ1v) is 11.9. The molecule has 1 saturated heterocycles. The molecule has 1 aromatic heterocycles. The summed E-state index contributed by atoms with van der Waals surface area (Å²) in [6, 6.07) is 0.612. The average Bonchev–Trinajstić information content (AvgIpc) is 3.39. The summed E-state index contributed by atoms with van der Waals surface area (Å²) in [7, 11) is 1.91. The van der Waals surface area contributed by atoms with Gasteiger partial charge in [0.15, 0.2) is 11.1 Å². The second kappa shape index (κ2) is 10.00. The second-order valence-electron chi connectivity index (χ2n) is 8.51. The van der Waals surface area contributed by atoms with Crippen molar-refractivity contribution in [2.75, 3.05) is 32.9 Å². The molecule has 0 aromatic carbocycles. The summed E-state index contributed by atoms with van der Waals surface area (Å²) in [6.07, 6.45) is 15.0. The van der Waals surface area contributed by atoms with Crippen LogP contribution in [0.4, 0.5) is 0 Å². The third-order valence-electron chi connectivity index (χ3n) is 6.83. The quantitative estimate of drug-likeness (QED) is 0.202. The summed E-state index contributed by atoms with van der Waals surface area (Å²) in [6.45, 7) is 3.30. The smallest absolute Gasteiger partial charge is 0.193 e. The van der Waals surface area contributed by atoms with E-state index in [9.17, 15) is 0 Å². The second-order valence-corrected chi connectivity index (χ2v) is 9.29. The molecule has 0 bridgehead atoms. The summed E-state index contributed by atoms with van der Waals surface area (Å²) in [5, 5.41) is 13.6. The van der Waals surface area contributed by atoms with E-state index in [4.69, 9.17) is 0 Å². The van der Waals surface area contributed by atoms with E-state index in [2.05, 4.69) is 36.2 Å². The third-order valence-corrected chi connectivity index (χ3v) is 7.48. The average molecular weight is 519 g/mol. The number of aryl methyl sites for hydroxylation is 1. The van der Waals surface area contributed by atoms with Crippen LogP contribution in [0.1, 0.15) is 69.7 Å². The Morgan fingerprint density at radius 1 is 1.21 bits per heavy atom. The van der Waals surface area contributed by atoms with Gasteiger partial charge in [0.2, 0.25) is 0 Å². The molecule has 28 heavy (non-hydrogen) atoms. The van der Waals surface area contributed by atoms with Gasteiger partial charge < -0.3 is 14.8 Å².